The number of hydrogen-bond acceptors (Lipinski definition) is 3. The highest BCUT2D eigenvalue weighted by atomic mass is 19.1. The second kappa shape index (κ2) is 8.81. The summed E-state index contributed by atoms with van der Waals surface area (Å²) >= 11 is 0. The summed E-state index contributed by atoms with van der Waals surface area (Å²) in [5.74, 6) is -0.183. The third-order valence-corrected chi connectivity index (χ3v) is 4.73. The molecule has 1 aliphatic carbocycles. The Hall–Kier alpha value is -2.40. The molecule has 138 valence electrons. The Morgan fingerprint density at radius 1 is 1.23 bits per heavy atom. The van der Waals surface area contributed by atoms with Crippen LogP contribution in [-0.2, 0) is 11.2 Å². The van der Waals surface area contributed by atoms with Crippen molar-refractivity contribution in [2.24, 2.45) is 0 Å². The number of amides is 1. The van der Waals surface area contributed by atoms with Crippen LogP contribution in [0.5, 0.6) is 5.75 Å². The summed E-state index contributed by atoms with van der Waals surface area (Å²) in [4.78, 5) is 12.5. The molecule has 0 heterocycles. The minimum atomic E-state index is -0.380. The molecular weight excluding hydrogens is 331 g/mol. The first-order valence-electron chi connectivity index (χ1n) is 9.14. The lowest BCUT2D eigenvalue weighted by Crippen LogP contribution is -2.45. The number of fused-ring (bicyclic) bond motifs is 1. The van der Waals surface area contributed by atoms with Gasteiger partial charge >= 0.3 is 0 Å². The van der Waals surface area contributed by atoms with E-state index >= 15 is 0 Å². The van der Waals surface area contributed by atoms with Gasteiger partial charge in [0.1, 0.15) is 6.61 Å². The molecule has 0 aromatic heterocycles. The van der Waals surface area contributed by atoms with Gasteiger partial charge < -0.3 is 15.4 Å². The van der Waals surface area contributed by atoms with Crippen LogP contribution in [0.4, 0.5) is 4.39 Å². The topological polar surface area (TPSA) is 50.4 Å². The van der Waals surface area contributed by atoms with Crippen LogP contribution in [-0.4, -0.2) is 25.1 Å². The first kappa shape index (κ1) is 18.4. The number of nitrogens with one attached hydrogen (secondary N) is 2. The zero-order chi connectivity index (χ0) is 18.4. The number of benzene rings is 2. The molecule has 0 fully saturated rings. The first-order chi connectivity index (χ1) is 12.6. The Labute approximate surface area is 153 Å². The van der Waals surface area contributed by atoms with Gasteiger partial charge in [0.2, 0.25) is 5.91 Å². The molecule has 1 amide bonds. The molecule has 0 bridgehead atoms. The summed E-state index contributed by atoms with van der Waals surface area (Å²) in [5.41, 5.74) is 2.55. The van der Waals surface area contributed by atoms with E-state index in [0.717, 1.165) is 19.3 Å². The number of ether oxygens (including phenoxy) is 1. The molecule has 0 aliphatic heterocycles. The molecule has 0 unspecified atom stereocenters. The molecule has 5 heteroatoms. The molecule has 2 aromatic carbocycles. The van der Waals surface area contributed by atoms with Crippen LogP contribution >= 0.6 is 0 Å². The number of carbonyl (C=O) groups is 1. The van der Waals surface area contributed by atoms with Crippen LogP contribution < -0.4 is 15.4 Å². The van der Waals surface area contributed by atoms with Crippen LogP contribution in [0.1, 0.15) is 36.9 Å². The van der Waals surface area contributed by atoms with Crippen molar-refractivity contribution in [1.29, 1.82) is 0 Å². The predicted molar refractivity (Wildman–Crippen MR) is 99.6 cm³/mol. The smallest absolute Gasteiger partial charge is 0.237 e. The van der Waals surface area contributed by atoms with Gasteiger partial charge in [0.25, 0.3) is 0 Å². The quantitative estimate of drug-likeness (QED) is 0.748. The van der Waals surface area contributed by atoms with Gasteiger partial charge in [-0.15, -0.1) is 0 Å². The van der Waals surface area contributed by atoms with Crippen molar-refractivity contribution in [3.63, 3.8) is 0 Å². The van der Waals surface area contributed by atoms with Crippen LogP contribution in [0, 0.1) is 5.82 Å². The van der Waals surface area contributed by atoms with Crippen LogP contribution in [0.2, 0.25) is 0 Å². The van der Waals surface area contributed by atoms with E-state index in [1.165, 1.54) is 17.2 Å². The van der Waals surface area contributed by atoms with Crippen molar-refractivity contribution < 1.29 is 13.9 Å². The van der Waals surface area contributed by atoms with Gasteiger partial charge in [0.15, 0.2) is 11.6 Å². The number of carbonyl (C=O) groups excluding carboxylic acids is 1. The van der Waals surface area contributed by atoms with Crippen molar-refractivity contribution in [1.82, 2.24) is 10.6 Å². The summed E-state index contributed by atoms with van der Waals surface area (Å²) in [6, 6.07) is 14.3. The second-order valence-electron chi connectivity index (χ2n) is 6.61. The Bertz CT molecular complexity index is 750. The lowest BCUT2D eigenvalue weighted by molar-refractivity contribution is -0.123. The highest BCUT2D eigenvalue weighted by Gasteiger charge is 2.23. The van der Waals surface area contributed by atoms with E-state index in [4.69, 9.17) is 4.74 Å². The number of hydrogen-bond donors (Lipinski definition) is 2. The van der Waals surface area contributed by atoms with Crippen molar-refractivity contribution >= 4 is 5.91 Å². The molecule has 1 aliphatic rings. The third-order valence-electron chi connectivity index (χ3n) is 4.73. The number of aryl methyl sites for hydroxylation is 1. The maximum atomic E-state index is 13.5. The Morgan fingerprint density at radius 2 is 2.00 bits per heavy atom. The van der Waals surface area contributed by atoms with E-state index in [0.29, 0.717) is 13.2 Å². The largest absolute Gasteiger partial charge is 0.489 e. The maximum absolute atomic E-state index is 13.5. The van der Waals surface area contributed by atoms with Crippen LogP contribution in [0.25, 0.3) is 0 Å². The SMILES string of the molecule is C[C@@H](NCCOc1ccccc1F)C(=O)N[C@H]1CCCc2ccccc21. The molecule has 2 N–H and O–H groups in total. The molecule has 0 spiro atoms. The normalized spacial score (nSPS) is 17.2. The molecule has 4 nitrogen and oxygen atoms in total. The minimum absolute atomic E-state index is 0.0300. The standard InChI is InChI=1S/C21H25FN2O2/c1-15(23-13-14-26-20-12-5-4-10-18(20)22)21(25)24-19-11-6-8-16-7-2-3-9-17(16)19/h2-5,7,9-10,12,15,19,23H,6,8,11,13-14H2,1H3,(H,24,25)/t15-,19+/m1/s1. The molecule has 3 rings (SSSR count). The van der Waals surface area contributed by atoms with Gasteiger partial charge in [-0.2, -0.15) is 0 Å². The summed E-state index contributed by atoms with van der Waals surface area (Å²) in [6.07, 6.45) is 3.12. The fourth-order valence-electron chi connectivity index (χ4n) is 3.29. The fraction of sp³-hybridized carbons (Fsp3) is 0.381. The Morgan fingerprint density at radius 3 is 2.85 bits per heavy atom. The first-order valence-corrected chi connectivity index (χ1v) is 9.14. The van der Waals surface area contributed by atoms with Crippen molar-refractivity contribution in [2.45, 2.75) is 38.3 Å². The highest BCUT2D eigenvalue weighted by Crippen LogP contribution is 2.29. The zero-order valence-electron chi connectivity index (χ0n) is 15.0. The number of para-hydroxylation sites is 1. The van der Waals surface area contributed by atoms with Crippen LogP contribution in [0.15, 0.2) is 48.5 Å². The molecule has 2 aromatic rings. The highest BCUT2D eigenvalue weighted by molar-refractivity contribution is 5.81. The van der Waals surface area contributed by atoms with Gasteiger partial charge in [-0.05, 0) is 49.4 Å². The van der Waals surface area contributed by atoms with Gasteiger partial charge in [0.05, 0.1) is 12.1 Å². The zero-order valence-corrected chi connectivity index (χ0v) is 15.0. The molecule has 26 heavy (non-hydrogen) atoms. The van der Waals surface area contributed by atoms with E-state index in [2.05, 4.69) is 22.8 Å². The average molecular weight is 356 g/mol. The van der Waals surface area contributed by atoms with Gasteiger partial charge in [-0.3, -0.25) is 4.79 Å². The summed E-state index contributed by atoms with van der Waals surface area (Å²) in [6.45, 7) is 2.59. The molecule has 0 saturated heterocycles. The number of halogens is 1. The summed E-state index contributed by atoms with van der Waals surface area (Å²) in [5, 5.41) is 6.27. The van der Waals surface area contributed by atoms with Gasteiger partial charge in [0, 0.05) is 6.54 Å². The van der Waals surface area contributed by atoms with Gasteiger partial charge in [-0.1, -0.05) is 36.4 Å². The summed E-state index contributed by atoms with van der Waals surface area (Å²) in [7, 11) is 0. The molecule has 0 saturated carbocycles. The lowest BCUT2D eigenvalue weighted by atomic mass is 9.87. The van der Waals surface area contributed by atoms with Crippen molar-refractivity contribution in [3.8, 4) is 5.75 Å². The summed E-state index contributed by atoms with van der Waals surface area (Å²) < 4.78 is 18.9. The van der Waals surface area contributed by atoms with Crippen molar-refractivity contribution in [2.75, 3.05) is 13.2 Å². The maximum Gasteiger partial charge on any atom is 0.237 e. The van der Waals surface area contributed by atoms with E-state index < -0.39 is 0 Å². The van der Waals surface area contributed by atoms with Crippen LogP contribution in [0.3, 0.4) is 0 Å². The third kappa shape index (κ3) is 4.61. The van der Waals surface area contributed by atoms with Gasteiger partial charge in [-0.25, -0.2) is 4.39 Å². The van der Waals surface area contributed by atoms with E-state index in [-0.39, 0.29) is 29.6 Å². The predicted octanol–water partition coefficient (Wildman–Crippen LogP) is 3.38. The van der Waals surface area contributed by atoms with E-state index in [9.17, 15) is 9.18 Å². The van der Waals surface area contributed by atoms with E-state index in [1.807, 2.05) is 19.1 Å². The molecule has 2 atom stereocenters. The fourth-order valence-corrected chi connectivity index (χ4v) is 3.29. The molecule has 0 radical (unpaired) electrons. The molecular formula is C21H25FN2O2. The average Bonchev–Trinajstić information content (AvgIpc) is 2.66. The Balaban J connectivity index is 1.45. The minimum Gasteiger partial charge on any atom is -0.489 e. The lowest BCUT2D eigenvalue weighted by Gasteiger charge is -2.27. The monoisotopic (exact) mass is 356 g/mol. The van der Waals surface area contributed by atoms with E-state index in [1.54, 1.807) is 18.2 Å². The number of rotatable bonds is 7. The second-order valence-corrected chi connectivity index (χ2v) is 6.61. The Kier molecular flexibility index (Phi) is 6.23. The van der Waals surface area contributed by atoms with Crippen molar-refractivity contribution in [3.05, 3.63) is 65.5 Å².